The Morgan fingerprint density at radius 1 is 0.960 bits per heavy atom. The van der Waals surface area contributed by atoms with Crippen molar-refractivity contribution in [2.45, 2.75) is 26.7 Å². The summed E-state index contributed by atoms with van der Waals surface area (Å²) in [6.45, 7) is 6.26. The van der Waals surface area contributed by atoms with Crippen molar-refractivity contribution in [2.24, 2.45) is 0 Å². The second-order valence-corrected chi connectivity index (χ2v) is 6.48. The van der Waals surface area contributed by atoms with Gasteiger partial charge in [-0.05, 0) is 42.2 Å². The van der Waals surface area contributed by atoms with Gasteiger partial charge in [0.05, 0.1) is 6.20 Å². The van der Waals surface area contributed by atoms with E-state index >= 15 is 0 Å². The van der Waals surface area contributed by atoms with Crippen molar-refractivity contribution in [3.05, 3.63) is 64.8 Å². The molecule has 0 aliphatic carbocycles. The number of nitrogens with zero attached hydrogens (tertiary/aromatic N) is 3. The fraction of sp³-hybridized carbons (Fsp3) is 0.211. The first kappa shape index (κ1) is 17.2. The van der Waals surface area contributed by atoms with Crippen LogP contribution in [0.3, 0.4) is 0 Å². The Morgan fingerprint density at radius 3 is 2.52 bits per heavy atom. The molecule has 128 valence electrons. The molecule has 0 aliphatic rings. The highest BCUT2D eigenvalue weighted by Crippen LogP contribution is 2.27. The smallest absolute Gasteiger partial charge is 0.249 e. The molecule has 0 saturated heterocycles. The lowest BCUT2D eigenvalue weighted by molar-refractivity contribution is 0.868. The van der Waals surface area contributed by atoms with Crippen LogP contribution in [0.1, 0.15) is 30.9 Å². The van der Waals surface area contributed by atoms with Crippen LogP contribution >= 0.6 is 11.6 Å². The van der Waals surface area contributed by atoms with Gasteiger partial charge in [0.15, 0.2) is 5.82 Å². The zero-order valence-corrected chi connectivity index (χ0v) is 15.2. The van der Waals surface area contributed by atoms with E-state index in [1.54, 1.807) is 6.20 Å². The molecule has 0 aliphatic heterocycles. The molecule has 2 aromatic carbocycles. The highest BCUT2D eigenvalue weighted by atomic mass is 35.5. The summed E-state index contributed by atoms with van der Waals surface area (Å²) in [7, 11) is 0. The average Bonchev–Trinajstić information content (AvgIpc) is 2.60. The summed E-state index contributed by atoms with van der Waals surface area (Å²) in [6, 6.07) is 13.8. The zero-order valence-electron chi connectivity index (χ0n) is 14.4. The van der Waals surface area contributed by atoms with E-state index in [4.69, 9.17) is 11.6 Å². The van der Waals surface area contributed by atoms with Crippen molar-refractivity contribution in [3.63, 3.8) is 0 Å². The van der Waals surface area contributed by atoms with Crippen LogP contribution in [0.2, 0.25) is 5.02 Å². The number of hydrogen-bond donors (Lipinski definition) is 2. The Bertz CT molecular complexity index is 879. The van der Waals surface area contributed by atoms with Gasteiger partial charge in [-0.15, -0.1) is 5.10 Å². The van der Waals surface area contributed by atoms with Crippen LogP contribution in [-0.4, -0.2) is 15.2 Å². The van der Waals surface area contributed by atoms with Crippen LogP contribution in [0.15, 0.2) is 48.7 Å². The topological polar surface area (TPSA) is 62.7 Å². The van der Waals surface area contributed by atoms with E-state index in [2.05, 4.69) is 45.7 Å². The van der Waals surface area contributed by atoms with Gasteiger partial charge in [-0.2, -0.15) is 10.1 Å². The third kappa shape index (κ3) is 4.06. The molecule has 2 N–H and O–H groups in total. The molecule has 0 spiro atoms. The standard InChI is InChI=1S/C19H20ClN5/c1-12(2)14-7-4-5-9-17(14)22-18-11-21-25-19(24-18)23-16-10-6-8-15(20)13(16)3/h4-12H,1-3H3,(H2,22,23,24,25). The number of rotatable bonds is 5. The van der Waals surface area contributed by atoms with Crippen LogP contribution < -0.4 is 10.6 Å². The minimum atomic E-state index is 0.408. The Morgan fingerprint density at radius 2 is 1.72 bits per heavy atom. The van der Waals surface area contributed by atoms with E-state index in [1.807, 2.05) is 43.3 Å². The van der Waals surface area contributed by atoms with E-state index in [0.29, 0.717) is 22.7 Å². The molecule has 25 heavy (non-hydrogen) atoms. The fourth-order valence-corrected chi connectivity index (χ4v) is 2.71. The highest BCUT2D eigenvalue weighted by molar-refractivity contribution is 6.31. The first-order valence-electron chi connectivity index (χ1n) is 8.12. The molecule has 0 amide bonds. The van der Waals surface area contributed by atoms with Gasteiger partial charge in [-0.3, -0.25) is 0 Å². The molecule has 3 rings (SSSR count). The summed E-state index contributed by atoms with van der Waals surface area (Å²) in [6.07, 6.45) is 1.60. The van der Waals surface area contributed by atoms with Crippen molar-refractivity contribution >= 4 is 34.7 Å². The number of anilines is 4. The fourth-order valence-electron chi connectivity index (χ4n) is 2.53. The van der Waals surface area contributed by atoms with E-state index < -0.39 is 0 Å². The van der Waals surface area contributed by atoms with Gasteiger partial charge in [-0.1, -0.05) is 49.7 Å². The number of benzene rings is 2. The lowest BCUT2D eigenvalue weighted by Crippen LogP contribution is -2.04. The Hall–Kier alpha value is -2.66. The second-order valence-electron chi connectivity index (χ2n) is 6.07. The van der Waals surface area contributed by atoms with Gasteiger partial charge in [0, 0.05) is 16.4 Å². The number of hydrogen-bond acceptors (Lipinski definition) is 5. The second kappa shape index (κ2) is 7.49. The van der Waals surface area contributed by atoms with Gasteiger partial charge in [0.25, 0.3) is 0 Å². The molecular weight excluding hydrogens is 334 g/mol. The van der Waals surface area contributed by atoms with Crippen molar-refractivity contribution < 1.29 is 0 Å². The molecule has 0 unspecified atom stereocenters. The van der Waals surface area contributed by atoms with E-state index in [1.165, 1.54) is 5.56 Å². The van der Waals surface area contributed by atoms with Crippen molar-refractivity contribution in [1.82, 2.24) is 15.2 Å². The number of aromatic nitrogens is 3. The molecule has 0 bridgehead atoms. The number of para-hydroxylation sites is 1. The molecular formula is C19H20ClN5. The molecule has 0 radical (unpaired) electrons. The Labute approximate surface area is 152 Å². The minimum Gasteiger partial charge on any atom is -0.339 e. The molecule has 5 nitrogen and oxygen atoms in total. The zero-order chi connectivity index (χ0) is 17.8. The largest absolute Gasteiger partial charge is 0.339 e. The SMILES string of the molecule is Cc1c(Cl)cccc1Nc1nncc(Nc2ccccc2C(C)C)n1. The van der Waals surface area contributed by atoms with Crippen molar-refractivity contribution in [3.8, 4) is 0 Å². The van der Waals surface area contributed by atoms with Crippen LogP contribution in [0, 0.1) is 6.92 Å². The molecule has 0 fully saturated rings. The van der Waals surface area contributed by atoms with Gasteiger partial charge in [-0.25, -0.2) is 0 Å². The number of halogens is 1. The van der Waals surface area contributed by atoms with Crippen LogP contribution in [0.25, 0.3) is 0 Å². The summed E-state index contributed by atoms with van der Waals surface area (Å²) in [5.74, 6) is 1.45. The molecule has 3 aromatic rings. The van der Waals surface area contributed by atoms with Gasteiger partial charge in [0.1, 0.15) is 0 Å². The van der Waals surface area contributed by atoms with E-state index in [0.717, 1.165) is 16.9 Å². The summed E-state index contributed by atoms with van der Waals surface area (Å²) in [4.78, 5) is 4.50. The first-order valence-corrected chi connectivity index (χ1v) is 8.50. The van der Waals surface area contributed by atoms with Crippen LogP contribution in [-0.2, 0) is 0 Å². The van der Waals surface area contributed by atoms with E-state index in [9.17, 15) is 0 Å². The molecule has 1 heterocycles. The molecule has 6 heteroatoms. The predicted molar refractivity (Wildman–Crippen MR) is 103 cm³/mol. The predicted octanol–water partition coefficient (Wildman–Crippen LogP) is 5.44. The number of nitrogens with one attached hydrogen (secondary N) is 2. The summed E-state index contributed by atoms with van der Waals surface area (Å²) >= 11 is 6.16. The van der Waals surface area contributed by atoms with E-state index in [-0.39, 0.29) is 0 Å². The monoisotopic (exact) mass is 353 g/mol. The Kier molecular flexibility index (Phi) is 5.14. The maximum absolute atomic E-state index is 6.16. The summed E-state index contributed by atoms with van der Waals surface area (Å²) in [5.41, 5.74) is 4.04. The third-order valence-electron chi connectivity index (χ3n) is 3.92. The lowest BCUT2D eigenvalue weighted by Gasteiger charge is -2.14. The summed E-state index contributed by atoms with van der Waals surface area (Å²) < 4.78 is 0. The lowest BCUT2D eigenvalue weighted by atomic mass is 10.0. The maximum atomic E-state index is 6.16. The summed E-state index contributed by atoms with van der Waals surface area (Å²) in [5, 5.41) is 15.3. The highest BCUT2D eigenvalue weighted by Gasteiger charge is 2.09. The normalized spacial score (nSPS) is 10.8. The minimum absolute atomic E-state index is 0.408. The van der Waals surface area contributed by atoms with Gasteiger partial charge >= 0.3 is 0 Å². The first-order chi connectivity index (χ1) is 12.0. The maximum Gasteiger partial charge on any atom is 0.249 e. The van der Waals surface area contributed by atoms with Gasteiger partial charge < -0.3 is 10.6 Å². The Balaban J connectivity index is 1.84. The van der Waals surface area contributed by atoms with Gasteiger partial charge in [0.2, 0.25) is 5.95 Å². The van der Waals surface area contributed by atoms with Crippen molar-refractivity contribution in [1.29, 1.82) is 0 Å². The van der Waals surface area contributed by atoms with Crippen molar-refractivity contribution in [2.75, 3.05) is 10.6 Å². The quantitative estimate of drug-likeness (QED) is 0.639. The average molecular weight is 354 g/mol. The molecule has 1 aromatic heterocycles. The third-order valence-corrected chi connectivity index (χ3v) is 4.33. The molecule has 0 atom stereocenters. The van der Waals surface area contributed by atoms with Crippen LogP contribution in [0.5, 0.6) is 0 Å². The molecule has 0 saturated carbocycles. The van der Waals surface area contributed by atoms with Crippen LogP contribution in [0.4, 0.5) is 23.1 Å².